The number of ether oxygens (including phenoxy) is 1. The number of nitrogens with one attached hydrogen (secondary N) is 2. The van der Waals surface area contributed by atoms with Gasteiger partial charge in [-0.15, -0.1) is 0 Å². The highest BCUT2D eigenvalue weighted by Gasteiger charge is 2.22. The average Bonchev–Trinajstić information content (AvgIpc) is 3.20. The van der Waals surface area contributed by atoms with Gasteiger partial charge in [0.15, 0.2) is 6.10 Å². The number of aromatic nitrogens is 2. The number of fused-ring (bicyclic) bond motifs is 1. The first kappa shape index (κ1) is 20.5. The molecule has 1 atom stereocenters. The smallest absolute Gasteiger partial charge is 0.321 e. The van der Waals surface area contributed by atoms with Crippen LogP contribution in [0.3, 0.4) is 0 Å². The van der Waals surface area contributed by atoms with E-state index in [0.29, 0.717) is 10.9 Å². The molecule has 0 aliphatic heterocycles. The van der Waals surface area contributed by atoms with E-state index in [0.717, 1.165) is 25.7 Å². The van der Waals surface area contributed by atoms with Gasteiger partial charge in [0, 0.05) is 11.4 Å². The summed E-state index contributed by atoms with van der Waals surface area (Å²) >= 11 is 0. The van der Waals surface area contributed by atoms with Crippen LogP contribution in [0, 0.1) is 0 Å². The van der Waals surface area contributed by atoms with Gasteiger partial charge >= 0.3 is 12.0 Å². The average molecular weight is 400 g/mol. The van der Waals surface area contributed by atoms with Crippen molar-refractivity contribution in [3.63, 3.8) is 0 Å². The number of amides is 3. The molecule has 9 heteroatoms. The molecule has 29 heavy (non-hydrogen) atoms. The Bertz CT molecular complexity index is 965. The molecular formula is C20H24N4O5. The van der Waals surface area contributed by atoms with Crippen molar-refractivity contribution in [3.05, 3.63) is 40.7 Å². The topological polar surface area (TPSA) is 119 Å². The quantitative estimate of drug-likeness (QED) is 0.709. The van der Waals surface area contributed by atoms with Gasteiger partial charge in [0.2, 0.25) is 5.43 Å². The minimum Gasteiger partial charge on any atom is -0.452 e. The molecule has 1 aliphatic carbocycles. The van der Waals surface area contributed by atoms with Gasteiger partial charge in [-0.1, -0.05) is 25.0 Å². The molecule has 1 saturated carbocycles. The molecule has 1 fully saturated rings. The van der Waals surface area contributed by atoms with Gasteiger partial charge < -0.3 is 10.1 Å². The third kappa shape index (κ3) is 5.40. The molecule has 2 N–H and O–H groups in total. The fraction of sp³-hybridized carbons (Fsp3) is 0.450. The summed E-state index contributed by atoms with van der Waals surface area (Å²) in [6.45, 7) is 1.60. The summed E-state index contributed by atoms with van der Waals surface area (Å²) in [5.41, 5.74) is 0.419. The number of nitrogens with zero attached hydrogens (tertiary/aromatic N) is 2. The number of aryl methyl sites for hydroxylation is 1. The Morgan fingerprint density at radius 2 is 1.97 bits per heavy atom. The normalized spacial score (nSPS) is 15.1. The van der Waals surface area contributed by atoms with Crippen molar-refractivity contribution in [1.29, 1.82) is 0 Å². The highest BCUT2D eigenvalue weighted by Crippen LogP contribution is 2.17. The number of benzene rings is 1. The van der Waals surface area contributed by atoms with Crippen molar-refractivity contribution in [2.45, 2.75) is 57.7 Å². The van der Waals surface area contributed by atoms with Gasteiger partial charge in [-0.3, -0.25) is 24.4 Å². The highest BCUT2D eigenvalue weighted by molar-refractivity contribution is 5.97. The molecule has 3 amide bonds. The molecule has 9 nitrogen and oxygen atoms in total. The second-order valence-corrected chi connectivity index (χ2v) is 7.08. The van der Waals surface area contributed by atoms with Crippen LogP contribution in [0.5, 0.6) is 0 Å². The Kier molecular flexibility index (Phi) is 6.58. The van der Waals surface area contributed by atoms with Gasteiger partial charge in [-0.2, -0.15) is 5.10 Å². The van der Waals surface area contributed by atoms with E-state index in [4.69, 9.17) is 4.74 Å². The van der Waals surface area contributed by atoms with Crippen LogP contribution in [0.4, 0.5) is 4.79 Å². The van der Waals surface area contributed by atoms with Crippen LogP contribution in [0.25, 0.3) is 10.9 Å². The molecule has 1 aromatic heterocycles. The number of imide groups is 1. The first-order valence-corrected chi connectivity index (χ1v) is 9.70. The van der Waals surface area contributed by atoms with E-state index in [-0.39, 0.29) is 24.4 Å². The first-order valence-electron chi connectivity index (χ1n) is 9.70. The van der Waals surface area contributed by atoms with Crippen LogP contribution in [0.15, 0.2) is 35.3 Å². The van der Waals surface area contributed by atoms with Crippen LogP contribution in [0.2, 0.25) is 0 Å². The van der Waals surface area contributed by atoms with Gasteiger partial charge in [0.25, 0.3) is 5.91 Å². The maximum atomic E-state index is 12.1. The molecule has 1 aromatic carbocycles. The lowest BCUT2D eigenvalue weighted by Crippen LogP contribution is -2.47. The lowest BCUT2D eigenvalue weighted by molar-refractivity contribution is -0.154. The number of para-hydroxylation sites is 1. The Hall–Kier alpha value is -3.23. The summed E-state index contributed by atoms with van der Waals surface area (Å²) in [4.78, 5) is 47.8. The zero-order valence-electron chi connectivity index (χ0n) is 16.2. The molecule has 0 saturated heterocycles. The van der Waals surface area contributed by atoms with E-state index < -0.39 is 24.0 Å². The SMILES string of the molecule is C[C@@H](OC(=O)CCn1ncc(=O)c2ccccc21)C(=O)NC(=O)NC1CCCC1. The van der Waals surface area contributed by atoms with Crippen LogP contribution >= 0.6 is 0 Å². The summed E-state index contributed by atoms with van der Waals surface area (Å²) in [6.07, 6.45) is 3.99. The Labute approximate surface area is 167 Å². The zero-order valence-corrected chi connectivity index (χ0v) is 16.2. The monoisotopic (exact) mass is 400 g/mol. The van der Waals surface area contributed by atoms with Crippen LogP contribution in [-0.2, 0) is 20.9 Å². The van der Waals surface area contributed by atoms with E-state index in [2.05, 4.69) is 15.7 Å². The predicted molar refractivity (Wildman–Crippen MR) is 105 cm³/mol. The number of esters is 1. The molecule has 1 aliphatic rings. The van der Waals surface area contributed by atoms with Crippen LogP contribution in [0.1, 0.15) is 39.0 Å². The summed E-state index contributed by atoms with van der Waals surface area (Å²) in [6, 6.07) is 6.48. The molecule has 0 spiro atoms. The standard InChI is InChI=1S/C20H24N4O5/c1-13(19(27)23-20(28)22-14-6-2-3-7-14)29-18(26)10-11-24-16-9-5-4-8-15(16)17(25)12-21-24/h4-5,8-9,12-14H,2-3,6-7,10-11H2,1H3,(H2,22,23,27,28)/t13-/m1/s1. The van der Waals surface area contributed by atoms with Gasteiger partial charge in [-0.05, 0) is 31.9 Å². The summed E-state index contributed by atoms with van der Waals surface area (Å²) in [5, 5.41) is 9.49. The summed E-state index contributed by atoms with van der Waals surface area (Å²) < 4.78 is 6.65. The Balaban J connectivity index is 1.49. The molecular weight excluding hydrogens is 376 g/mol. The van der Waals surface area contributed by atoms with Crippen LogP contribution < -0.4 is 16.1 Å². The maximum absolute atomic E-state index is 12.1. The fourth-order valence-electron chi connectivity index (χ4n) is 3.35. The number of urea groups is 1. The van der Waals surface area contributed by atoms with E-state index in [9.17, 15) is 19.2 Å². The second-order valence-electron chi connectivity index (χ2n) is 7.08. The van der Waals surface area contributed by atoms with Crippen molar-refractivity contribution in [1.82, 2.24) is 20.4 Å². The molecule has 0 radical (unpaired) electrons. The lowest BCUT2D eigenvalue weighted by Gasteiger charge is -2.16. The van der Waals surface area contributed by atoms with Crippen molar-refractivity contribution in [2.24, 2.45) is 0 Å². The van der Waals surface area contributed by atoms with Crippen LogP contribution in [-0.4, -0.2) is 39.8 Å². The van der Waals surface area contributed by atoms with Gasteiger partial charge in [0.1, 0.15) is 0 Å². The molecule has 1 heterocycles. The molecule has 0 bridgehead atoms. The van der Waals surface area contributed by atoms with Crippen molar-refractivity contribution in [2.75, 3.05) is 0 Å². The van der Waals surface area contributed by atoms with Crippen molar-refractivity contribution < 1.29 is 19.1 Å². The molecule has 3 rings (SSSR count). The van der Waals surface area contributed by atoms with E-state index in [1.165, 1.54) is 17.8 Å². The number of hydrogen-bond acceptors (Lipinski definition) is 6. The van der Waals surface area contributed by atoms with Gasteiger partial charge in [0.05, 0.1) is 24.7 Å². The number of carbonyl (C=O) groups excluding carboxylic acids is 3. The van der Waals surface area contributed by atoms with E-state index in [1.807, 2.05) is 0 Å². The number of rotatable bonds is 6. The highest BCUT2D eigenvalue weighted by atomic mass is 16.5. The third-order valence-electron chi connectivity index (χ3n) is 4.89. The van der Waals surface area contributed by atoms with Crippen molar-refractivity contribution in [3.8, 4) is 0 Å². The summed E-state index contributed by atoms with van der Waals surface area (Å²) in [5.74, 6) is -1.28. The minimum atomic E-state index is -1.10. The summed E-state index contributed by atoms with van der Waals surface area (Å²) in [7, 11) is 0. The minimum absolute atomic E-state index is 0.0360. The van der Waals surface area contributed by atoms with E-state index in [1.54, 1.807) is 24.3 Å². The zero-order chi connectivity index (χ0) is 20.8. The molecule has 2 aromatic rings. The lowest BCUT2D eigenvalue weighted by atomic mass is 10.2. The third-order valence-corrected chi connectivity index (χ3v) is 4.89. The second kappa shape index (κ2) is 9.31. The fourth-order valence-corrected chi connectivity index (χ4v) is 3.35. The molecule has 154 valence electrons. The Morgan fingerprint density at radius 3 is 2.72 bits per heavy atom. The largest absolute Gasteiger partial charge is 0.452 e. The molecule has 0 unspecified atom stereocenters. The number of carbonyl (C=O) groups is 3. The Morgan fingerprint density at radius 1 is 1.24 bits per heavy atom. The maximum Gasteiger partial charge on any atom is 0.321 e. The number of hydrogen-bond donors (Lipinski definition) is 2. The van der Waals surface area contributed by atoms with Crippen molar-refractivity contribution >= 4 is 28.8 Å². The first-order chi connectivity index (χ1) is 13.9. The predicted octanol–water partition coefficient (Wildman–Crippen LogP) is 1.49. The van der Waals surface area contributed by atoms with Gasteiger partial charge in [-0.25, -0.2) is 4.79 Å². The van der Waals surface area contributed by atoms with E-state index >= 15 is 0 Å².